The van der Waals surface area contributed by atoms with Gasteiger partial charge in [-0.25, -0.2) is 9.68 Å². The van der Waals surface area contributed by atoms with Gasteiger partial charge in [-0.3, -0.25) is 20.8 Å². The molecular weight excluding hydrogens is 220 g/mol. The molecule has 0 unspecified atom stereocenters. The van der Waals surface area contributed by atoms with Gasteiger partial charge in [-0.15, -0.1) is 0 Å². The molecule has 0 amide bonds. The van der Waals surface area contributed by atoms with Gasteiger partial charge < -0.3 is 0 Å². The van der Waals surface area contributed by atoms with Gasteiger partial charge in [0.1, 0.15) is 12.7 Å². The van der Waals surface area contributed by atoms with Gasteiger partial charge in [-0.05, 0) is 11.8 Å². The zero-order valence-corrected chi connectivity index (χ0v) is 9.70. The van der Waals surface area contributed by atoms with E-state index in [0.717, 1.165) is 6.42 Å². The lowest BCUT2D eigenvalue weighted by Gasteiger charge is -2.28. The van der Waals surface area contributed by atoms with E-state index in [2.05, 4.69) is 9.68 Å². The van der Waals surface area contributed by atoms with Crippen LogP contribution in [0.15, 0.2) is 0 Å². The smallest absolute Gasteiger partial charge is 0.110 e. The minimum Gasteiger partial charge on any atom is -0.266 e. The highest BCUT2D eigenvalue weighted by atomic mass is 17.1. The summed E-state index contributed by atoms with van der Waals surface area (Å²) < 4.78 is 0. The summed E-state index contributed by atoms with van der Waals surface area (Å²) in [5, 5.41) is 32.9. The van der Waals surface area contributed by atoms with Crippen molar-refractivity contribution < 1.29 is 30.5 Å². The Morgan fingerprint density at radius 2 is 1.69 bits per heavy atom. The molecule has 8 nitrogen and oxygen atoms in total. The van der Waals surface area contributed by atoms with Crippen LogP contribution in [0.2, 0.25) is 0 Å². The molecule has 0 aromatic heterocycles. The van der Waals surface area contributed by atoms with Gasteiger partial charge in [0.2, 0.25) is 0 Å². The Bertz CT molecular complexity index is 187. The maximum atomic E-state index is 8.53. The molecule has 0 aromatic rings. The lowest BCUT2D eigenvalue weighted by atomic mass is 9.84. The van der Waals surface area contributed by atoms with Gasteiger partial charge in [0.05, 0.1) is 10.8 Å². The van der Waals surface area contributed by atoms with Crippen LogP contribution in [-0.4, -0.2) is 44.3 Å². The molecule has 0 saturated heterocycles. The summed E-state index contributed by atoms with van der Waals surface area (Å²) >= 11 is 0. The van der Waals surface area contributed by atoms with E-state index in [1.54, 1.807) is 0 Å². The molecule has 16 heavy (non-hydrogen) atoms. The normalized spacial score (nSPS) is 14.8. The minimum absolute atomic E-state index is 0.0974. The zero-order valence-electron chi connectivity index (χ0n) is 9.70. The molecule has 0 aliphatic carbocycles. The molecule has 0 bridgehead atoms. The fraction of sp³-hybridized carbons (Fsp3) is 1.00. The Morgan fingerprint density at radius 1 is 1.12 bits per heavy atom. The van der Waals surface area contributed by atoms with Crippen LogP contribution >= 0.6 is 0 Å². The third-order valence-corrected chi connectivity index (χ3v) is 2.36. The maximum Gasteiger partial charge on any atom is 0.110 e. The van der Waals surface area contributed by atoms with Crippen molar-refractivity contribution in [1.29, 1.82) is 0 Å². The van der Waals surface area contributed by atoms with Gasteiger partial charge in [-0.1, -0.05) is 27.2 Å². The van der Waals surface area contributed by atoms with Crippen molar-refractivity contribution in [2.75, 3.05) is 6.61 Å². The van der Waals surface area contributed by atoms with Crippen molar-refractivity contribution >= 4 is 0 Å². The summed E-state index contributed by atoms with van der Waals surface area (Å²) in [6.07, 6.45) is 0.590. The predicted molar refractivity (Wildman–Crippen MR) is 50.3 cm³/mol. The minimum atomic E-state index is -0.716. The number of nitrogens with zero attached hydrogens (tertiary/aromatic N) is 2. The number of hydrogen-bond donors (Lipinski definition) is 4. The van der Waals surface area contributed by atoms with Crippen LogP contribution in [0.3, 0.4) is 0 Å². The molecule has 0 radical (unpaired) electrons. The molecule has 0 saturated carbocycles. The molecule has 4 N–H and O–H groups in total. The molecule has 0 aliphatic rings. The van der Waals surface area contributed by atoms with Crippen LogP contribution in [-0.2, 0) is 9.68 Å². The first kappa shape index (κ1) is 15.7. The molecule has 0 spiro atoms. The first-order valence-corrected chi connectivity index (χ1v) is 4.92. The van der Waals surface area contributed by atoms with Crippen molar-refractivity contribution in [3.05, 3.63) is 0 Å². The van der Waals surface area contributed by atoms with E-state index in [9.17, 15) is 0 Å². The second kappa shape index (κ2) is 7.09. The Balaban J connectivity index is 4.20. The summed E-state index contributed by atoms with van der Waals surface area (Å²) in [4.78, 5) is 8.97. The highest BCUT2D eigenvalue weighted by Gasteiger charge is 2.25. The molecule has 0 heterocycles. The Hall–Kier alpha value is -0.320. The van der Waals surface area contributed by atoms with Gasteiger partial charge in [0, 0.05) is 0 Å². The molecule has 1 atom stereocenters. The number of rotatable bonds is 8. The van der Waals surface area contributed by atoms with E-state index in [-0.39, 0.29) is 12.0 Å². The van der Waals surface area contributed by atoms with Crippen LogP contribution in [0.5, 0.6) is 0 Å². The molecular formula is C8H20N2O6. The predicted octanol–water partition coefficient (Wildman–Crippen LogP) is 1.21. The van der Waals surface area contributed by atoms with Crippen molar-refractivity contribution in [3.63, 3.8) is 0 Å². The van der Waals surface area contributed by atoms with Crippen molar-refractivity contribution in [2.24, 2.45) is 5.41 Å². The van der Waals surface area contributed by atoms with E-state index in [0.29, 0.717) is 6.42 Å². The first-order chi connectivity index (χ1) is 7.26. The molecule has 0 rings (SSSR count). The van der Waals surface area contributed by atoms with Gasteiger partial charge >= 0.3 is 0 Å². The van der Waals surface area contributed by atoms with Crippen molar-refractivity contribution in [2.45, 2.75) is 39.7 Å². The standard InChI is InChI=1S/C8H20N2O6/c1-4-8(2,3)5-7(16-10(13)14)6-15-9(11)12/h7,11-14H,4-6H2,1-3H3/t7-/m0/s1. The van der Waals surface area contributed by atoms with Crippen LogP contribution in [0.1, 0.15) is 33.6 Å². The van der Waals surface area contributed by atoms with Crippen LogP contribution in [0, 0.1) is 5.41 Å². The van der Waals surface area contributed by atoms with E-state index in [1.165, 1.54) is 0 Å². The summed E-state index contributed by atoms with van der Waals surface area (Å²) in [7, 11) is 0. The summed E-state index contributed by atoms with van der Waals surface area (Å²) in [5.41, 5.74) is -0.0974. The average molecular weight is 240 g/mol. The Kier molecular flexibility index (Phi) is 6.95. The van der Waals surface area contributed by atoms with Crippen LogP contribution < -0.4 is 0 Å². The maximum absolute atomic E-state index is 8.53. The average Bonchev–Trinajstić information content (AvgIpc) is 2.13. The van der Waals surface area contributed by atoms with Crippen molar-refractivity contribution in [1.82, 2.24) is 10.8 Å². The molecule has 0 aliphatic heterocycles. The van der Waals surface area contributed by atoms with Crippen LogP contribution in [0.25, 0.3) is 0 Å². The Labute approximate surface area is 93.9 Å². The second-order valence-electron chi connectivity index (χ2n) is 4.25. The number of hydrogen-bond acceptors (Lipinski definition) is 8. The Morgan fingerprint density at radius 3 is 2.06 bits per heavy atom. The quantitative estimate of drug-likeness (QED) is 0.469. The van der Waals surface area contributed by atoms with Gasteiger partial charge in [-0.2, -0.15) is 0 Å². The molecule has 0 fully saturated rings. The fourth-order valence-electron chi connectivity index (χ4n) is 1.17. The summed E-state index contributed by atoms with van der Waals surface area (Å²) in [6, 6.07) is 0. The van der Waals surface area contributed by atoms with E-state index < -0.39 is 16.9 Å². The van der Waals surface area contributed by atoms with E-state index in [4.69, 9.17) is 20.8 Å². The molecule has 0 aromatic carbocycles. The fourth-order valence-corrected chi connectivity index (χ4v) is 1.17. The third-order valence-electron chi connectivity index (χ3n) is 2.36. The van der Waals surface area contributed by atoms with Crippen LogP contribution in [0.4, 0.5) is 0 Å². The summed E-state index contributed by atoms with van der Waals surface area (Å²) in [6.45, 7) is 5.70. The highest BCUT2D eigenvalue weighted by Crippen LogP contribution is 2.27. The third kappa shape index (κ3) is 7.91. The second-order valence-corrected chi connectivity index (χ2v) is 4.25. The highest BCUT2D eigenvalue weighted by molar-refractivity contribution is 4.71. The summed E-state index contributed by atoms with van der Waals surface area (Å²) in [5.74, 6) is 0. The monoisotopic (exact) mass is 240 g/mol. The lowest BCUT2D eigenvalue weighted by molar-refractivity contribution is -0.528. The lowest BCUT2D eigenvalue weighted by Crippen LogP contribution is -2.34. The molecule has 8 heteroatoms. The van der Waals surface area contributed by atoms with Gasteiger partial charge in [0.25, 0.3) is 0 Å². The molecule has 98 valence electrons. The van der Waals surface area contributed by atoms with Gasteiger partial charge in [0.15, 0.2) is 0 Å². The van der Waals surface area contributed by atoms with Crippen molar-refractivity contribution in [3.8, 4) is 0 Å². The largest absolute Gasteiger partial charge is 0.266 e. The first-order valence-electron chi connectivity index (χ1n) is 4.92. The van der Waals surface area contributed by atoms with E-state index >= 15 is 0 Å². The SMILES string of the molecule is CCC(C)(C)C[C@@H](CON(O)O)ON(O)O. The zero-order chi connectivity index (χ0) is 12.8. The van der Waals surface area contributed by atoms with E-state index in [1.807, 2.05) is 20.8 Å². The topological polar surface area (TPSA) is 106 Å².